The summed E-state index contributed by atoms with van der Waals surface area (Å²) < 4.78 is 39.3. The highest BCUT2D eigenvalue weighted by Crippen LogP contribution is 2.24. The van der Waals surface area contributed by atoms with Crippen LogP contribution in [0.1, 0.15) is 12.5 Å². The third kappa shape index (κ3) is 4.57. The molecule has 5 nitrogen and oxygen atoms in total. The molecule has 0 N–H and O–H groups in total. The number of rotatable bonds is 6. The van der Waals surface area contributed by atoms with E-state index in [1.807, 2.05) is 30.3 Å². The molecule has 0 aliphatic carbocycles. The molecule has 25 heavy (non-hydrogen) atoms. The van der Waals surface area contributed by atoms with Crippen LogP contribution in [-0.4, -0.2) is 38.6 Å². The molecule has 2 aromatic rings. The summed E-state index contributed by atoms with van der Waals surface area (Å²) >= 11 is 0. The predicted octanol–water partition coefficient (Wildman–Crippen LogP) is 2.64. The van der Waals surface area contributed by atoms with Crippen molar-refractivity contribution < 1.29 is 17.6 Å². The monoisotopic (exact) mass is 364 g/mol. The summed E-state index contributed by atoms with van der Waals surface area (Å²) in [6.45, 7) is 1.79. The number of amides is 1. The molecule has 2 rings (SSSR count). The highest BCUT2D eigenvalue weighted by atomic mass is 32.2. The number of sulfonamides is 1. The Morgan fingerprint density at radius 1 is 1.08 bits per heavy atom. The maximum atomic E-state index is 14.1. The van der Waals surface area contributed by atoms with Crippen molar-refractivity contribution in [2.75, 3.05) is 17.6 Å². The Labute approximate surface area is 147 Å². The number of nitrogens with zero attached hydrogens (tertiary/aromatic N) is 2. The molecule has 0 aliphatic heterocycles. The molecule has 134 valence electrons. The van der Waals surface area contributed by atoms with Crippen LogP contribution >= 0.6 is 0 Å². The normalized spacial score (nSPS) is 12.5. The van der Waals surface area contributed by atoms with Crippen molar-refractivity contribution in [2.24, 2.45) is 0 Å². The van der Waals surface area contributed by atoms with Gasteiger partial charge in [-0.1, -0.05) is 42.5 Å². The zero-order valence-corrected chi connectivity index (χ0v) is 15.2. The molecule has 2 aromatic carbocycles. The molecule has 1 amide bonds. The number of halogens is 1. The number of anilines is 1. The highest BCUT2D eigenvalue weighted by molar-refractivity contribution is 7.92. The summed E-state index contributed by atoms with van der Waals surface area (Å²) in [5.74, 6) is -1.11. The van der Waals surface area contributed by atoms with Gasteiger partial charge in [0.2, 0.25) is 15.9 Å². The van der Waals surface area contributed by atoms with Crippen molar-refractivity contribution in [3.8, 4) is 0 Å². The molecule has 0 radical (unpaired) electrons. The Hall–Kier alpha value is -2.41. The van der Waals surface area contributed by atoms with E-state index in [1.165, 1.54) is 36.1 Å². The smallest absolute Gasteiger partial charge is 0.246 e. The molecule has 0 bridgehead atoms. The highest BCUT2D eigenvalue weighted by Gasteiger charge is 2.32. The van der Waals surface area contributed by atoms with Crippen LogP contribution < -0.4 is 4.31 Å². The van der Waals surface area contributed by atoms with Gasteiger partial charge in [-0.2, -0.15) is 0 Å². The van der Waals surface area contributed by atoms with Crippen molar-refractivity contribution in [1.29, 1.82) is 0 Å². The standard InChI is InChI=1S/C18H21FN2O3S/c1-14(18(22)20(2)13-15-9-5-4-6-10-15)21(25(3,23)24)17-12-8-7-11-16(17)19/h4-12,14H,13H2,1-3H3/t14-/m1/s1. The van der Waals surface area contributed by atoms with Crippen molar-refractivity contribution in [3.05, 3.63) is 66.0 Å². The fourth-order valence-electron chi connectivity index (χ4n) is 2.66. The zero-order chi connectivity index (χ0) is 18.6. The van der Waals surface area contributed by atoms with Gasteiger partial charge in [0.15, 0.2) is 0 Å². The van der Waals surface area contributed by atoms with Gasteiger partial charge >= 0.3 is 0 Å². The van der Waals surface area contributed by atoms with Crippen molar-refractivity contribution >= 4 is 21.6 Å². The van der Waals surface area contributed by atoms with Crippen LogP contribution in [0.15, 0.2) is 54.6 Å². The Balaban J connectivity index is 2.29. The minimum Gasteiger partial charge on any atom is -0.340 e. The molecule has 0 unspecified atom stereocenters. The first-order chi connectivity index (χ1) is 11.7. The first-order valence-corrected chi connectivity index (χ1v) is 9.59. The number of hydrogen-bond donors (Lipinski definition) is 0. The zero-order valence-electron chi connectivity index (χ0n) is 14.4. The van der Waals surface area contributed by atoms with Gasteiger partial charge in [0, 0.05) is 13.6 Å². The van der Waals surface area contributed by atoms with E-state index in [9.17, 15) is 17.6 Å². The van der Waals surface area contributed by atoms with Gasteiger partial charge in [0.1, 0.15) is 11.9 Å². The van der Waals surface area contributed by atoms with Gasteiger partial charge < -0.3 is 4.90 Å². The lowest BCUT2D eigenvalue weighted by Gasteiger charge is -2.31. The lowest BCUT2D eigenvalue weighted by Crippen LogP contribution is -2.48. The summed E-state index contributed by atoms with van der Waals surface area (Å²) in [5, 5.41) is 0. The maximum Gasteiger partial charge on any atom is 0.246 e. The third-order valence-corrected chi connectivity index (χ3v) is 5.02. The maximum absolute atomic E-state index is 14.1. The average Bonchev–Trinajstić information content (AvgIpc) is 2.55. The molecule has 0 saturated carbocycles. The van der Waals surface area contributed by atoms with E-state index in [-0.39, 0.29) is 5.69 Å². The molecule has 0 heterocycles. The largest absolute Gasteiger partial charge is 0.340 e. The Morgan fingerprint density at radius 2 is 1.64 bits per heavy atom. The summed E-state index contributed by atoms with van der Waals surface area (Å²) in [7, 11) is -2.25. The van der Waals surface area contributed by atoms with E-state index in [4.69, 9.17) is 0 Å². The number of para-hydroxylation sites is 1. The fourth-order valence-corrected chi connectivity index (χ4v) is 3.83. The summed E-state index contributed by atoms with van der Waals surface area (Å²) in [6.07, 6.45) is 0.959. The molecule has 1 atom stereocenters. The van der Waals surface area contributed by atoms with E-state index >= 15 is 0 Å². The van der Waals surface area contributed by atoms with Crippen molar-refractivity contribution in [1.82, 2.24) is 4.90 Å². The minimum atomic E-state index is -3.85. The van der Waals surface area contributed by atoms with Crippen LogP contribution in [-0.2, 0) is 21.4 Å². The van der Waals surface area contributed by atoms with Crippen LogP contribution in [0, 0.1) is 5.82 Å². The van der Waals surface area contributed by atoms with Crippen LogP contribution in [0.2, 0.25) is 0 Å². The van der Waals surface area contributed by atoms with Crippen molar-refractivity contribution in [2.45, 2.75) is 19.5 Å². The molecule has 0 fully saturated rings. The number of benzene rings is 2. The van der Waals surface area contributed by atoms with Crippen LogP contribution in [0.3, 0.4) is 0 Å². The molecule has 0 aliphatic rings. The lowest BCUT2D eigenvalue weighted by molar-refractivity contribution is -0.131. The molecule has 0 saturated heterocycles. The van der Waals surface area contributed by atoms with E-state index in [1.54, 1.807) is 7.05 Å². The molecular weight excluding hydrogens is 343 g/mol. The number of carbonyl (C=O) groups is 1. The molecular formula is C18H21FN2O3S. The van der Waals surface area contributed by atoms with Gasteiger partial charge in [-0.05, 0) is 24.6 Å². The van der Waals surface area contributed by atoms with Gasteiger partial charge in [-0.15, -0.1) is 0 Å². The fraction of sp³-hybridized carbons (Fsp3) is 0.278. The summed E-state index contributed by atoms with van der Waals surface area (Å²) in [6, 6.07) is 13.8. The Kier molecular flexibility index (Phi) is 5.79. The SMILES string of the molecule is C[C@H](C(=O)N(C)Cc1ccccc1)N(c1ccccc1F)S(C)(=O)=O. The number of carbonyl (C=O) groups excluding carboxylic acids is 1. The first kappa shape index (κ1) is 18.9. The van der Waals surface area contributed by atoms with Gasteiger partial charge in [0.25, 0.3) is 0 Å². The van der Waals surface area contributed by atoms with E-state index in [0.29, 0.717) is 6.54 Å². The second-order valence-corrected chi connectivity index (χ2v) is 7.73. The predicted molar refractivity (Wildman–Crippen MR) is 96.1 cm³/mol. The van der Waals surface area contributed by atoms with E-state index < -0.39 is 27.8 Å². The van der Waals surface area contributed by atoms with Crippen molar-refractivity contribution in [3.63, 3.8) is 0 Å². The summed E-state index contributed by atoms with van der Waals surface area (Å²) in [4.78, 5) is 14.1. The number of hydrogen-bond acceptors (Lipinski definition) is 3. The van der Waals surface area contributed by atoms with E-state index in [0.717, 1.165) is 16.1 Å². The van der Waals surface area contributed by atoms with Crippen LogP contribution in [0.25, 0.3) is 0 Å². The van der Waals surface area contributed by atoms with Crippen LogP contribution in [0.5, 0.6) is 0 Å². The third-order valence-electron chi connectivity index (χ3n) is 3.80. The average molecular weight is 364 g/mol. The van der Waals surface area contributed by atoms with Gasteiger partial charge in [0.05, 0.1) is 11.9 Å². The topological polar surface area (TPSA) is 57.7 Å². The minimum absolute atomic E-state index is 0.140. The summed E-state index contributed by atoms with van der Waals surface area (Å²) in [5.41, 5.74) is 0.779. The van der Waals surface area contributed by atoms with Gasteiger partial charge in [-0.3, -0.25) is 9.10 Å². The Bertz CT molecular complexity index is 840. The molecule has 0 aromatic heterocycles. The first-order valence-electron chi connectivity index (χ1n) is 7.74. The lowest BCUT2D eigenvalue weighted by atomic mass is 10.2. The van der Waals surface area contributed by atoms with Crippen LogP contribution in [0.4, 0.5) is 10.1 Å². The van der Waals surface area contributed by atoms with E-state index in [2.05, 4.69) is 0 Å². The second kappa shape index (κ2) is 7.65. The van der Waals surface area contributed by atoms with Gasteiger partial charge in [-0.25, -0.2) is 12.8 Å². The Morgan fingerprint density at radius 3 is 2.20 bits per heavy atom. The molecule has 0 spiro atoms. The quantitative estimate of drug-likeness (QED) is 0.792. The second-order valence-electron chi connectivity index (χ2n) is 5.87. The molecule has 7 heteroatoms. The number of likely N-dealkylation sites (N-methyl/N-ethyl adjacent to an activating group) is 1.